The Hall–Kier alpha value is -1.55. The van der Waals surface area contributed by atoms with Crippen LogP contribution < -0.4 is 4.74 Å². The summed E-state index contributed by atoms with van der Waals surface area (Å²) in [5, 5.41) is 9.64. The number of likely N-dealkylation sites (N-methyl/N-ethyl adjacent to an activating group) is 1. The van der Waals surface area contributed by atoms with Crippen LogP contribution in [0.2, 0.25) is 0 Å². The number of aliphatic hydroxyl groups excluding tert-OH is 1. The van der Waals surface area contributed by atoms with Crippen molar-refractivity contribution in [1.82, 2.24) is 4.90 Å². The minimum atomic E-state index is -0.438. The topological polar surface area (TPSA) is 49.8 Å². The highest BCUT2D eigenvalue weighted by Gasteiger charge is 2.08. The van der Waals surface area contributed by atoms with Gasteiger partial charge in [-0.3, -0.25) is 4.79 Å². The standard InChI is InChI=1S/C14H21NO3/c1-4-13(16)11-6-8-12(9-7-11)18-10-14(17)15(3)5-2/h6-9,13,16H,4-5,10H2,1-3H3. The van der Waals surface area contributed by atoms with Gasteiger partial charge in [0.05, 0.1) is 6.10 Å². The average Bonchev–Trinajstić information content (AvgIpc) is 2.43. The molecule has 100 valence electrons. The zero-order chi connectivity index (χ0) is 13.5. The summed E-state index contributed by atoms with van der Waals surface area (Å²) in [4.78, 5) is 13.1. The summed E-state index contributed by atoms with van der Waals surface area (Å²) < 4.78 is 5.39. The lowest BCUT2D eigenvalue weighted by atomic mass is 10.1. The molecule has 0 fully saturated rings. The van der Waals surface area contributed by atoms with Gasteiger partial charge in [0.1, 0.15) is 5.75 Å². The first-order valence-electron chi connectivity index (χ1n) is 6.23. The molecule has 0 aliphatic heterocycles. The van der Waals surface area contributed by atoms with Gasteiger partial charge in [0, 0.05) is 13.6 Å². The normalized spacial score (nSPS) is 12.0. The molecule has 0 aromatic heterocycles. The number of nitrogens with zero attached hydrogens (tertiary/aromatic N) is 1. The SMILES string of the molecule is CCC(O)c1ccc(OCC(=O)N(C)CC)cc1. The van der Waals surface area contributed by atoms with Crippen molar-refractivity contribution in [1.29, 1.82) is 0 Å². The lowest BCUT2D eigenvalue weighted by Gasteiger charge is -2.15. The number of ether oxygens (including phenoxy) is 1. The predicted molar refractivity (Wildman–Crippen MR) is 70.5 cm³/mol. The van der Waals surface area contributed by atoms with Crippen LogP contribution in [0.3, 0.4) is 0 Å². The van der Waals surface area contributed by atoms with E-state index in [1.807, 2.05) is 26.0 Å². The number of hydrogen-bond donors (Lipinski definition) is 1. The molecule has 0 spiro atoms. The summed E-state index contributed by atoms with van der Waals surface area (Å²) >= 11 is 0. The summed E-state index contributed by atoms with van der Waals surface area (Å²) in [7, 11) is 1.74. The lowest BCUT2D eigenvalue weighted by Crippen LogP contribution is -2.31. The average molecular weight is 251 g/mol. The van der Waals surface area contributed by atoms with Crippen molar-refractivity contribution in [2.45, 2.75) is 26.4 Å². The summed E-state index contributed by atoms with van der Waals surface area (Å²) in [6.45, 7) is 4.55. The molecule has 0 bridgehead atoms. The van der Waals surface area contributed by atoms with E-state index in [4.69, 9.17) is 4.74 Å². The Balaban J connectivity index is 2.51. The van der Waals surface area contributed by atoms with Crippen molar-refractivity contribution >= 4 is 5.91 Å². The fourth-order valence-corrected chi connectivity index (χ4v) is 1.45. The summed E-state index contributed by atoms with van der Waals surface area (Å²) in [5.74, 6) is 0.593. The van der Waals surface area contributed by atoms with Gasteiger partial charge in [0.25, 0.3) is 5.91 Å². The Bertz CT molecular complexity index is 375. The van der Waals surface area contributed by atoms with E-state index in [0.717, 1.165) is 5.56 Å². The van der Waals surface area contributed by atoms with Crippen LogP contribution in [0.1, 0.15) is 31.9 Å². The van der Waals surface area contributed by atoms with Gasteiger partial charge in [-0.25, -0.2) is 0 Å². The molecule has 0 aliphatic carbocycles. The molecule has 0 radical (unpaired) electrons. The molecule has 0 aliphatic rings. The van der Waals surface area contributed by atoms with Crippen molar-refractivity contribution in [3.63, 3.8) is 0 Å². The van der Waals surface area contributed by atoms with Crippen LogP contribution in [0.4, 0.5) is 0 Å². The summed E-state index contributed by atoms with van der Waals surface area (Å²) in [5.41, 5.74) is 0.863. The van der Waals surface area contributed by atoms with Crippen molar-refractivity contribution in [3.05, 3.63) is 29.8 Å². The molecule has 4 nitrogen and oxygen atoms in total. The van der Waals surface area contributed by atoms with Crippen LogP contribution in [0.5, 0.6) is 5.75 Å². The van der Waals surface area contributed by atoms with Gasteiger partial charge < -0.3 is 14.7 Å². The molecule has 1 N–H and O–H groups in total. The second-order valence-corrected chi connectivity index (χ2v) is 4.19. The molecule has 1 aromatic rings. The van der Waals surface area contributed by atoms with Crippen molar-refractivity contribution in [3.8, 4) is 5.75 Å². The number of carbonyl (C=O) groups is 1. The molecular formula is C14H21NO3. The molecule has 1 amide bonds. The molecule has 4 heteroatoms. The van der Waals surface area contributed by atoms with Gasteiger partial charge in [-0.15, -0.1) is 0 Å². The quantitative estimate of drug-likeness (QED) is 0.841. The van der Waals surface area contributed by atoms with Crippen LogP contribution in [0, 0.1) is 0 Å². The number of hydrogen-bond acceptors (Lipinski definition) is 3. The van der Waals surface area contributed by atoms with E-state index < -0.39 is 6.10 Å². The minimum absolute atomic E-state index is 0.0417. The van der Waals surface area contributed by atoms with Crippen LogP contribution in [-0.2, 0) is 4.79 Å². The number of carbonyl (C=O) groups excluding carboxylic acids is 1. The third-order valence-corrected chi connectivity index (χ3v) is 2.91. The molecule has 18 heavy (non-hydrogen) atoms. The van der Waals surface area contributed by atoms with Gasteiger partial charge in [-0.05, 0) is 31.0 Å². The molecule has 0 saturated carbocycles. The highest BCUT2D eigenvalue weighted by atomic mass is 16.5. The molecule has 0 heterocycles. The zero-order valence-electron chi connectivity index (χ0n) is 11.2. The van der Waals surface area contributed by atoms with Gasteiger partial charge in [0.2, 0.25) is 0 Å². The fourth-order valence-electron chi connectivity index (χ4n) is 1.45. The van der Waals surface area contributed by atoms with Crippen molar-refractivity contribution < 1.29 is 14.6 Å². The highest BCUT2D eigenvalue weighted by molar-refractivity contribution is 5.77. The van der Waals surface area contributed by atoms with E-state index in [-0.39, 0.29) is 12.5 Å². The zero-order valence-corrected chi connectivity index (χ0v) is 11.2. The molecule has 1 rings (SSSR count). The number of aliphatic hydroxyl groups is 1. The largest absolute Gasteiger partial charge is 0.484 e. The first-order chi connectivity index (χ1) is 8.58. The summed E-state index contributed by atoms with van der Waals surface area (Å²) in [6, 6.07) is 7.18. The Kier molecular flexibility index (Phi) is 5.65. The summed E-state index contributed by atoms with van der Waals surface area (Å²) in [6.07, 6.45) is 0.242. The Labute approximate surface area is 108 Å². The first kappa shape index (κ1) is 14.5. The van der Waals surface area contributed by atoms with Crippen LogP contribution in [0.15, 0.2) is 24.3 Å². The molecular weight excluding hydrogens is 230 g/mol. The van der Waals surface area contributed by atoms with Crippen molar-refractivity contribution in [2.24, 2.45) is 0 Å². The van der Waals surface area contributed by atoms with Crippen molar-refractivity contribution in [2.75, 3.05) is 20.2 Å². The third-order valence-electron chi connectivity index (χ3n) is 2.91. The second-order valence-electron chi connectivity index (χ2n) is 4.19. The Morgan fingerprint density at radius 2 is 1.94 bits per heavy atom. The maximum absolute atomic E-state index is 11.5. The van der Waals surface area contributed by atoms with Crippen LogP contribution in [-0.4, -0.2) is 36.1 Å². The van der Waals surface area contributed by atoms with Crippen LogP contribution >= 0.6 is 0 Å². The van der Waals surface area contributed by atoms with E-state index in [2.05, 4.69) is 0 Å². The number of benzene rings is 1. The van der Waals surface area contributed by atoms with Crippen LogP contribution in [0.25, 0.3) is 0 Å². The fraction of sp³-hybridized carbons (Fsp3) is 0.500. The van der Waals surface area contributed by atoms with Gasteiger partial charge in [0.15, 0.2) is 6.61 Å². The van der Waals surface area contributed by atoms with E-state index in [9.17, 15) is 9.90 Å². The first-order valence-corrected chi connectivity index (χ1v) is 6.23. The number of amides is 1. The Morgan fingerprint density at radius 3 is 2.44 bits per heavy atom. The molecule has 0 saturated heterocycles. The molecule has 1 aromatic carbocycles. The number of rotatable bonds is 6. The molecule has 1 atom stereocenters. The maximum Gasteiger partial charge on any atom is 0.260 e. The van der Waals surface area contributed by atoms with Gasteiger partial charge >= 0.3 is 0 Å². The van der Waals surface area contributed by atoms with E-state index >= 15 is 0 Å². The third kappa shape index (κ3) is 4.04. The lowest BCUT2D eigenvalue weighted by molar-refractivity contribution is -0.131. The second kappa shape index (κ2) is 7.01. The van der Waals surface area contributed by atoms with Gasteiger partial charge in [-0.1, -0.05) is 19.1 Å². The highest BCUT2D eigenvalue weighted by Crippen LogP contribution is 2.19. The van der Waals surface area contributed by atoms with E-state index in [1.54, 1.807) is 24.1 Å². The smallest absolute Gasteiger partial charge is 0.260 e. The van der Waals surface area contributed by atoms with E-state index in [0.29, 0.717) is 18.7 Å². The van der Waals surface area contributed by atoms with Gasteiger partial charge in [-0.2, -0.15) is 0 Å². The maximum atomic E-state index is 11.5. The monoisotopic (exact) mass is 251 g/mol. The Morgan fingerprint density at radius 1 is 1.33 bits per heavy atom. The minimum Gasteiger partial charge on any atom is -0.484 e. The predicted octanol–water partition coefficient (Wildman–Crippen LogP) is 1.99. The van der Waals surface area contributed by atoms with E-state index in [1.165, 1.54) is 0 Å². The molecule has 1 unspecified atom stereocenters.